The summed E-state index contributed by atoms with van der Waals surface area (Å²) in [6.45, 7) is 9.46. The number of aliphatic hydroxyl groups excluding tert-OH is 2. The minimum atomic E-state index is -1.12. The molecule has 0 bridgehead atoms. The summed E-state index contributed by atoms with van der Waals surface area (Å²) in [5, 5.41) is 20.7. The standard InChI is InChI=1S/C19H37NO4/c1-12(2)11-14(21)17(22)16(20)15(13-9-7-6-8-10-13)18(23)24-19(3,4)5/h12-17,21-22H,6-11,20H2,1-5H3/t14-,15?,16-,17-/m0/s1. The lowest BCUT2D eigenvalue weighted by Gasteiger charge is -2.37. The third-order valence-corrected chi connectivity index (χ3v) is 4.75. The fraction of sp³-hybridized carbons (Fsp3) is 0.947. The first-order valence-corrected chi connectivity index (χ1v) is 9.37. The molecule has 0 aromatic carbocycles. The average molecular weight is 344 g/mol. The summed E-state index contributed by atoms with van der Waals surface area (Å²) in [6, 6.07) is -0.809. The lowest BCUT2D eigenvalue weighted by Crippen LogP contribution is -2.53. The Hall–Kier alpha value is -0.650. The third-order valence-electron chi connectivity index (χ3n) is 4.75. The van der Waals surface area contributed by atoms with Gasteiger partial charge in [0.1, 0.15) is 5.60 Å². The van der Waals surface area contributed by atoms with Crippen LogP contribution in [0.1, 0.15) is 73.1 Å². The van der Waals surface area contributed by atoms with E-state index in [-0.39, 0.29) is 17.8 Å². The van der Waals surface area contributed by atoms with Crippen LogP contribution in [0.15, 0.2) is 0 Å². The number of esters is 1. The largest absolute Gasteiger partial charge is 0.460 e. The van der Waals surface area contributed by atoms with Crippen LogP contribution >= 0.6 is 0 Å². The number of hydrogen-bond donors (Lipinski definition) is 3. The molecule has 0 radical (unpaired) electrons. The maximum Gasteiger partial charge on any atom is 0.311 e. The van der Waals surface area contributed by atoms with Crippen LogP contribution in [0.4, 0.5) is 0 Å². The van der Waals surface area contributed by atoms with Gasteiger partial charge in [-0.2, -0.15) is 0 Å². The van der Waals surface area contributed by atoms with Crippen LogP contribution in [0.25, 0.3) is 0 Å². The first kappa shape index (κ1) is 21.4. The van der Waals surface area contributed by atoms with Crippen LogP contribution in [0.3, 0.4) is 0 Å². The second-order valence-corrected chi connectivity index (χ2v) is 8.72. The van der Waals surface area contributed by atoms with E-state index in [2.05, 4.69) is 0 Å². The zero-order valence-corrected chi connectivity index (χ0v) is 16.0. The molecule has 0 aromatic rings. The molecule has 4 atom stereocenters. The average Bonchev–Trinajstić information content (AvgIpc) is 2.45. The van der Waals surface area contributed by atoms with Gasteiger partial charge in [-0.3, -0.25) is 4.79 Å². The number of ether oxygens (including phenoxy) is 1. The highest BCUT2D eigenvalue weighted by Crippen LogP contribution is 2.34. The molecule has 0 spiro atoms. The molecule has 5 nitrogen and oxygen atoms in total. The zero-order valence-electron chi connectivity index (χ0n) is 16.0. The van der Waals surface area contributed by atoms with Crippen molar-refractivity contribution in [3.05, 3.63) is 0 Å². The van der Waals surface area contributed by atoms with Gasteiger partial charge in [0, 0.05) is 6.04 Å². The van der Waals surface area contributed by atoms with E-state index >= 15 is 0 Å². The number of carbonyl (C=O) groups is 1. The first-order valence-electron chi connectivity index (χ1n) is 9.37. The molecule has 1 aliphatic carbocycles. The van der Waals surface area contributed by atoms with E-state index < -0.39 is 29.8 Å². The van der Waals surface area contributed by atoms with Crippen molar-refractivity contribution in [2.45, 2.75) is 97.0 Å². The van der Waals surface area contributed by atoms with Crippen LogP contribution in [-0.2, 0) is 9.53 Å². The quantitative estimate of drug-likeness (QED) is 0.618. The number of hydrogen-bond acceptors (Lipinski definition) is 5. The summed E-state index contributed by atoms with van der Waals surface area (Å²) in [7, 11) is 0. The minimum Gasteiger partial charge on any atom is -0.460 e. The highest BCUT2D eigenvalue weighted by molar-refractivity contribution is 5.74. The third kappa shape index (κ3) is 6.69. The fourth-order valence-electron chi connectivity index (χ4n) is 3.62. The topological polar surface area (TPSA) is 92.8 Å². The number of aliphatic hydroxyl groups is 2. The van der Waals surface area contributed by atoms with Crippen LogP contribution in [0.5, 0.6) is 0 Å². The van der Waals surface area contributed by atoms with Gasteiger partial charge >= 0.3 is 5.97 Å². The monoisotopic (exact) mass is 343 g/mol. The molecular weight excluding hydrogens is 306 g/mol. The molecule has 0 amide bonds. The maximum absolute atomic E-state index is 12.8. The maximum atomic E-state index is 12.8. The predicted octanol–water partition coefficient (Wildman–Crippen LogP) is 2.62. The van der Waals surface area contributed by atoms with Crippen molar-refractivity contribution >= 4 is 5.97 Å². The van der Waals surface area contributed by atoms with Gasteiger partial charge in [0.25, 0.3) is 0 Å². The summed E-state index contributed by atoms with van der Waals surface area (Å²) in [6.07, 6.45) is 3.57. The predicted molar refractivity (Wildman–Crippen MR) is 95.4 cm³/mol. The van der Waals surface area contributed by atoms with Gasteiger partial charge in [-0.25, -0.2) is 0 Å². The van der Waals surface area contributed by atoms with Gasteiger partial charge in [-0.1, -0.05) is 33.1 Å². The smallest absolute Gasteiger partial charge is 0.311 e. The molecule has 1 fully saturated rings. The van der Waals surface area contributed by atoms with Crippen molar-refractivity contribution in [2.75, 3.05) is 0 Å². The Balaban J connectivity index is 2.91. The fourth-order valence-corrected chi connectivity index (χ4v) is 3.62. The van der Waals surface area contributed by atoms with E-state index in [0.29, 0.717) is 6.42 Å². The minimum absolute atomic E-state index is 0.115. The van der Waals surface area contributed by atoms with Gasteiger partial charge in [-0.15, -0.1) is 0 Å². The van der Waals surface area contributed by atoms with Crippen molar-refractivity contribution in [1.29, 1.82) is 0 Å². The van der Waals surface area contributed by atoms with Gasteiger partial charge in [0.15, 0.2) is 0 Å². The molecule has 0 aliphatic heterocycles. The second-order valence-electron chi connectivity index (χ2n) is 8.72. The molecule has 5 heteroatoms. The Kier molecular flexibility index (Phi) is 8.16. The SMILES string of the molecule is CC(C)C[C@H](O)[C@H](O)[C@@H](N)C(C(=O)OC(C)(C)C)C1CCCCC1. The molecule has 1 saturated carbocycles. The molecule has 0 aromatic heterocycles. The summed E-state index contributed by atoms with van der Waals surface area (Å²) in [5.74, 6) is -0.556. The summed E-state index contributed by atoms with van der Waals surface area (Å²) in [4.78, 5) is 12.8. The van der Waals surface area contributed by atoms with Crippen molar-refractivity contribution in [2.24, 2.45) is 23.5 Å². The second kappa shape index (κ2) is 9.16. The Labute approximate surface area is 147 Å². The van der Waals surface area contributed by atoms with Crippen LogP contribution in [0.2, 0.25) is 0 Å². The van der Waals surface area contributed by atoms with Crippen molar-refractivity contribution < 1.29 is 19.7 Å². The Morgan fingerprint density at radius 3 is 2.17 bits per heavy atom. The summed E-state index contributed by atoms with van der Waals surface area (Å²) < 4.78 is 5.57. The van der Waals surface area contributed by atoms with Gasteiger partial charge in [0.2, 0.25) is 0 Å². The Bertz CT molecular complexity index is 385. The lowest BCUT2D eigenvalue weighted by molar-refractivity contribution is -0.166. The molecule has 1 unspecified atom stereocenters. The van der Waals surface area contributed by atoms with E-state index in [0.717, 1.165) is 25.7 Å². The molecule has 24 heavy (non-hydrogen) atoms. The number of rotatable bonds is 7. The Morgan fingerprint density at radius 1 is 1.17 bits per heavy atom. The molecule has 142 valence electrons. The Morgan fingerprint density at radius 2 is 1.71 bits per heavy atom. The van der Waals surface area contributed by atoms with E-state index in [1.165, 1.54) is 6.42 Å². The van der Waals surface area contributed by atoms with E-state index in [9.17, 15) is 15.0 Å². The lowest BCUT2D eigenvalue weighted by atomic mass is 9.74. The number of nitrogens with two attached hydrogens (primary N) is 1. The molecular formula is C19H37NO4. The van der Waals surface area contributed by atoms with Gasteiger partial charge < -0.3 is 20.7 Å². The van der Waals surface area contributed by atoms with Crippen LogP contribution in [-0.4, -0.2) is 40.0 Å². The highest BCUT2D eigenvalue weighted by Gasteiger charge is 2.41. The summed E-state index contributed by atoms with van der Waals surface area (Å²) >= 11 is 0. The van der Waals surface area contributed by atoms with E-state index in [4.69, 9.17) is 10.5 Å². The van der Waals surface area contributed by atoms with E-state index in [1.807, 2.05) is 34.6 Å². The zero-order chi connectivity index (χ0) is 18.5. The number of carbonyl (C=O) groups excluding carboxylic acids is 1. The van der Waals surface area contributed by atoms with Crippen molar-refractivity contribution in [3.63, 3.8) is 0 Å². The van der Waals surface area contributed by atoms with E-state index in [1.54, 1.807) is 0 Å². The first-order chi connectivity index (χ1) is 11.0. The molecule has 1 aliphatic rings. The summed E-state index contributed by atoms with van der Waals surface area (Å²) in [5.41, 5.74) is 5.69. The van der Waals surface area contributed by atoms with Crippen molar-refractivity contribution in [1.82, 2.24) is 0 Å². The van der Waals surface area contributed by atoms with Crippen LogP contribution < -0.4 is 5.73 Å². The van der Waals surface area contributed by atoms with Crippen LogP contribution in [0, 0.1) is 17.8 Å². The molecule has 4 N–H and O–H groups in total. The molecule has 0 heterocycles. The van der Waals surface area contributed by atoms with Gasteiger partial charge in [-0.05, 0) is 51.9 Å². The normalized spacial score (nSPS) is 22.0. The van der Waals surface area contributed by atoms with Gasteiger partial charge in [0.05, 0.1) is 18.1 Å². The molecule has 1 rings (SSSR count). The highest BCUT2D eigenvalue weighted by atomic mass is 16.6. The molecule has 0 saturated heterocycles. The van der Waals surface area contributed by atoms with Crippen molar-refractivity contribution in [3.8, 4) is 0 Å².